The van der Waals surface area contributed by atoms with Crippen LogP contribution in [0, 0.1) is 27.7 Å². The molecule has 2 aromatic heterocycles. The second kappa shape index (κ2) is 33.5. The first-order valence-electron chi connectivity index (χ1n) is 24.8. The van der Waals surface area contributed by atoms with Crippen LogP contribution in [-0.4, -0.2) is 59.9 Å². The molecule has 368 valence electrons. The molecular formula is C50H86NO12P. The number of unbranched alkanes of at least 4 members (excludes halogenated alkanes) is 18. The number of furan rings is 2. The number of carbonyl (C=O) groups is 3. The van der Waals surface area contributed by atoms with E-state index in [-0.39, 0.29) is 19.4 Å². The third kappa shape index (κ3) is 24.5. The molecule has 0 bridgehead atoms. The second-order valence-electron chi connectivity index (χ2n) is 17.8. The predicted molar refractivity (Wildman–Crippen MR) is 252 cm³/mol. The van der Waals surface area contributed by atoms with Crippen molar-refractivity contribution in [2.45, 2.75) is 233 Å². The molecule has 0 amide bonds. The minimum Gasteiger partial charge on any atom is -0.480 e. The zero-order valence-corrected chi connectivity index (χ0v) is 41.5. The average molecular weight is 924 g/mol. The number of phosphoric ester groups is 1. The van der Waals surface area contributed by atoms with Gasteiger partial charge in [-0.25, -0.2) is 4.57 Å². The number of phosphoric acid groups is 1. The lowest BCUT2D eigenvalue weighted by molar-refractivity contribution is -0.161. The molecule has 3 atom stereocenters. The molecule has 64 heavy (non-hydrogen) atoms. The van der Waals surface area contributed by atoms with Crippen LogP contribution in [0.4, 0.5) is 0 Å². The predicted octanol–water partition coefficient (Wildman–Crippen LogP) is 12.4. The van der Waals surface area contributed by atoms with Crippen LogP contribution >= 0.6 is 7.82 Å². The minimum absolute atomic E-state index is 0.136. The lowest BCUT2D eigenvalue weighted by atomic mass is 10.0. The van der Waals surface area contributed by atoms with Crippen LogP contribution in [0.5, 0.6) is 0 Å². The number of aryl methyl sites for hydroxylation is 4. The molecule has 13 nitrogen and oxygen atoms in total. The molecule has 0 radical (unpaired) electrons. The number of nitrogens with two attached hydrogens (primary N) is 1. The average Bonchev–Trinajstić information content (AvgIpc) is 3.69. The Labute approximate surface area is 385 Å². The molecule has 14 heteroatoms. The van der Waals surface area contributed by atoms with E-state index >= 15 is 0 Å². The molecule has 2 aromatic rings. The summed E-state index contributed by atoms with van der Waals surface area (Å²) in [6, 6.07) is -1.53. The van der Waals surface area contributed by atoms with Gasteiger partial charge >= 0.3 is 25.7 Å². The van der Waals surface area contributed by atoms with Crippen molar-refractivity contribution in [1.29, 1.82) is 0 Å². The number of carboxylic acid groups (broad SMARTS) is 1. The fourth-order valence-electron chi connectivity index (χ4n) is 7.78. The van der Waals surface area contributed by atoms with Crippen LogP contribution < -0.4 is 5.73 Å². The summed E-state index contributed by atoms with van der Waals surface area (Å²) in [7, 11) is -4.74. The van der Waals surface area contributed by atoms with Crippen LogP contribution in [0.3, 0.4) is 0 Å². The number of ether oxygens (including phenoxy) is 2. The van der Waals surface area contributed by atoms with Gasteiger partial charge < -0.3 is 34.0 Å². The zero-order valence-electron chi connectivity index (χ0n) is 40.6. The molecular weight excluding hydrogens is 838 g/mol. The summed E-state index contributed by atoms with van der Waals surface area (Å²) in [5.74, 6) is 2.17. The number of aliphatic carboxylic acids is 1. The van der Waals surface area contributed by atoms with E-state index in [9.17, 15) is 23.8 Å². The second-order valence-corrected chi connectivity index (χ2v) is 19.2. The third-order valence-electron chi connectivity index (χ3n) is 12.3. The van der Waals surface area contributed by atoms with Gasteiger partial charge in [0.25, 0.3) is 0 Å². The number of carbonyl (C=O) groups excluding carboxylic acids is 2. The fraction of sp³-hybridized carbons (Fsp3) is 0.780. The molecule has 3 unspecified atom stereocenters. The van der Waals surface area contributed by atoms with Gasteiger partial charge in [-0.3, -0.25) is 23.4 Å². The Balaban J connectivity index is 1.64. The van der Waals surface area contributed by atoms with Crippen molar-refractivity contribution in [3.05, 3.63) is 45.3 Å². The first-order chi connectivity index (χ1) is 30.7. The van der Waals surface area contributed by atoms with Crippen LogP contribution in [0.2, 0.25) is 0 Å². The molecule has 0 aromatic carbocycles. The Morgan fingerprint density at radius 2 is 0.875 bits per heavy atom. The van der Waals surface area contributed by atoms with Crippen molar-refractivity contribution < 1.29 is 56.3 Å². The molecule has 0 aliphatic carbocycles. The van der Waals surface area contributed by atoms with Crippen molar-refractivity contribution in [1.82, 2.24) is 0 Å². The van der Waals surface area contributed by atoms with Gasteiger partial charge in [0.05, 0.1) is 13.2 Å². The van der Waals surface area contributed by atoms with Crippen LogP contribution in [0.1, 0.15) is 213 Å². The number of hydrogen-bond acceptors (Lipinski definition) is 11. The smallest absolute Gasteiger partial charge is 0.472 e. The minimum atomic E-state index is -4.74. The fourth-order valence-corrected chi connectivity index (χ4v) is 8.55. The van der Waals surface area contributed by atoms with Gasteiger partial charge in [0.1, 0.15) is 35.7 Å². The SMILES string of the molecule is CCCCCc1oc(CCCCCCCCCCC(=O)OCC(COP(=O)(O)OCC(N)C(=O)O)OC(=O)CCCCCCCCCCc2oc(CCCCC)c(C)c2C)c(C)c1C. The van der Waals surface area contributed by atoms with Gasteiger partial charge in [-0.2, -0.15) is 0 Å². The molecule has 0 saturated carbocycles. The first-order valence-corrected chi connectivity index (χ1v) is 26.3. The highest BCUT2D eigenvalue weighted by Crippen LogP contribution is 2.43. The maximum atomic E-state index is 12.8. The number of esters is 2. The Hall–Kier alpha value is -2.96. The highest BCUT2D eigenvalue weighted by atomic mass is 31.2. The molecule has 0 aliphatic heterocycles. The third-order valence-corrected chi connectivity index (χ3v) is 13.2. The van der Waals surface area contributed by atoms with Crippen molar-refractivity contribution in [2.24, 2.45) is 5.73 Å². The van der Waals surface area contributed by atoms with Gasteiger partial charge in [0.2, 0.25) is 0 Å². The summed E-state index contributed by atoms with van der Waals surface area (Å²) in [5.41, 5.74) is 10.6. The summed E-state index contributed by atoms with van der Waals surface area (Å²) in [4.78, 5) is 46.4. The van der Waals surface area contributed by atoms with E-state index in [1.807, 2.05) is 0 Å². The Kier molecular flexibility index (Phi) is 29.9. The molecule has 0 aliphatic rings. The molecule has 0 fully saturated rings. The van der Waals surface area contributed by atoms with Gasteiger partial charge in [0, 0.05) is 38.5 Å². The highest BCUT2D eigenvalue weighted by Gasteiger charge is 2.28. The maximum Gasteiger partial charge on any atom is 0.472 e. The normalized spacial score (nSPS) is 13.5. The quantitative estimate of drug-likeness (QED) is 0.0324. The summed E-state index contributed by atoms with van der Waals surface area (Å²) in [5, 5.41) is 8.94. The van der Waals surface area contributed by atoms with Gasteiger partial charge in [-0.05, 0) is 88.5 Å². The summed E-state index contributed by atoms with van der Waals surface area (Å²) in [6.07, 6.45) is 26.7. The summed E-state index contributed by atoms with van der Waals surface area (Å²) < 4.78 is 45.4. The van der Waals surface area contributed by atoms with Gasteiger partial charge in [0.15, 0.2) is 6.10 Å². The Bertz CT molecular complexity index is 1650. The monoisotopic (exact) mass is 924 g/mol. The standard InChI is InChI=1S/C50H86NO12P/c1-7-9-23-29-44-38(3)40(5)46(62-44)31-25-19-15-11-13-17-21-27-33-48(52)58-35-42(36-59-64(56,57)60-37-43(51)50(54)55)61-49(53)34-28-22-18-14-12-16-20-26-32-47-41(6)39(4)45(63-47)30-24-10-8-2/h42-43H,7-37,51H2,1-6H3,(H,54,55)(H,56,57). The lowest BCUT2D eigenvalue weighted by Gasteiger charge is -2.20. The summed E-state index contributed by atoms with van der Waals surface area (Å²) in [6.45, 7) is 11.4. The molecule has 0 saturated heterocycles. The largest absolute Gasteiger partial charge is 0.480 e. The van der Waals surface area contributed by atoms with E-state index < -0.39 is 51.1 Å². The molecule has 2 heterocycles. The molecule has 2 rings (SSSR count). The van der Waals surface area contributed by atoms with Crippen molar-refractivity contribution >= 4 is 25.7 Å². The Morgan fingerprint density at radius 3 is 1.27 bits per heavy atom. The highest BCUT2D eigenvalue weighted by molar-refractivity contribution is 7.47. The number of carboxylic acids is 1. The van der Waals surface area contributed by atoms with Crippen molar-refractivity contribution in [3.8, 4) is 0 Å². The number of hydrogen-bond donors (Lipinski definition) is 3. The van der Waals surface area contributed by atoms with E-state index in [2.05, 4.69) is 41.5 Å². The Morgan fingerprint density at radius 1 is 0.531 bits per heavy atom. The van der Waals surface area contributed by atoms with E-state index in [4.69, 9.17) is 38.2 Å². The van der Waals surface area contributed by atoms with Gasteiger partial charge in [-0.15, -0.1) is 0 Å². The summed E-state index contributed by atoms with van der Waals surface area (Å²) >= 11 is 0. The topological polar surface area (TPSA) is 198 Å². The zero-order chi connectivity index (χ0) is 47.2. The maximum absolute atomic E-state index is 12.8. The van der Waals surface area contributed by atoms with Crippen LogP contribution in [0.15, 0.2) is 8.83 Å². The van der Waals surface area contributed by atoms with E-state index in [1.165, 1.54) is 60.8 Å². The van der Waals surface area contributed by atoms with Crippen LogP contribution in [0.25, 0.3) is 0 Å². The first kappa shape index (κ1) is 57.2. The number of rotatable bonds is 40. The molecule has 0 spiro atoms. The van der Waals surface area contributed by atoms with Crippen molar-refractivity contribution in [2.75, 3.05) is 19.8 Å². The van der Waals surface area contributed by atoms with Gasteiger partial charge in [-0.1, -0.05) is 117 Å². The van der Waals surface area contributed by atoms with Crippen LogP contribution in [-0.2, 0) is 63.2 Å². The van der Waals surface area contributed by atoms with Crippen molar-refractivity contribution in [3.63, 3.8) is 0 Å². The molecule has 4 N–H and O–H groups in total. The van der Waals surface area contributed by atoms with E-state index in [1.54, 1.807) is 0 Å². The van der Waals surface area contributed by atoms with E-state index in [0.29, 0.717) is 12.8 Å². The van der Waals surface area contributed by atoms with E-state index in [0.717, 1.165) is 139 Å². The lowest BCUT2D eigenvalue weighted by Crippen LogP contribution is -2.34.